The van der Waals surface area contributed by atoms with E-state index < -0.39 is 5.41 Å². The van der Waals surface area contributed by atoms with Crippen LogP contribution in [-0.4, -0.2) is 4.57 Å². The minimum atomic E-state index is -0.418. The lowest BCUT2D eigenvalue weighted by molar-refractivity contribution is 0.632. The number of benzene rings is 11. The Morgan fingerprint density at radius 1 is 0.338 bits per heavy atom. The number of para-hydroxylation sites is 2. The Balaban J connectivity index is 0.847. The van der Waals surface area contributed by atoms with E-state index in [1.54, 1.807) is 0 Å². The maximum atomic E-state index is 2.54. The normalized spacial score (nSPS) is 14.5. The number of rotatable bonds is 3. The first-order valence-corrected chi connectivity index (χ1v) is 25.6. The summed E-state index contributed by atoms with van der Waals surface area (Å²) in [5, 5.41) is 7.71. The van der Waals surface area contributed by atoms with Crippen molar-refractivity contribution in [3.63, 3.8) is 0 Å². The lowest BCUT2D eigenvalue weighted by atomic mass is 9.70. The molecule has 0 radical (unpaired) electrons. The van der Waals surface area contributed by atoms with Crippen molar-refractivity contribution >= 4 is 81.1 Å². The highest BCUT2D eigenvalue weighted by Crippen LogP contribution is 2.64. The van der Waals surface area contributed by atoms with Crippen LogP contribution < -0.4 is 4.90 Å². The number of fused-ring (bicyclic) bond motifs is 19. The molecule has 3 heterocycles. The van der Waals surface area contributed by atoms with Crippen molar-refractivity contribution in [3.05, 3.63) is 264 Å². The second-order valence-electron chi connectivity index (χ2n) is 20.4. The molecule has 1 spiro atoms. The molecule has 332 valence electrons. The van der Waals surface area contributed by atoms with Gasteiger partial charge >= 0.3 is 0 Å². The van der Waals surface area contributed by atoms with Crippen molar-refractivity contribution in [3.8, 4) is 39.1 Å². The molecule has 0 saturated carbocycles. The Labute approximate surface area is 416 Å². The molecular formula is C68H44N2S. The second-order valence-corrected chi connectivity index (χ2v) is 21.5. The lowest BCUT2D eigenvalue weighted by Crippen LogP contribution is -2.31. The summed E-state index contributed by atoms with van der Waals surface area (Å²) >= 11 is 1.88. The average molecular weight is 921 g/mol. The molecule has 0 N–H and O–H groups in total. The van der Waals surface area contributed by atoms with E-state index in [9.17, 15) is 0 Å². The van der Waals surface area contributed by atoms with E-state index in [1.165, 1.54) is 142 Å². The summed E-state index contributed by atoms with van der Waals surface area (Å²) in [6, 6.07) is 87.3. The third-order valence-corrected chi connectivity index (χ3v) is 17.7. The number of hydrogen-bond donors (Lipinski definition) is 0. The van der Waals surface area contributed by atoms with Crippen molar-refractivity contribution in [1.82, 2.24) is 4.57 Å². The summed E-state index contributed by atoms with van der Waals surface area (Å²) in [6.07, 6.45) is 0. The molecule has 0 fully saturated rings. The van der Waals surface area contributed by atoms with Gasteiger partial charge in [-0.1, -0.05) is 166 Å². The fourth-order valence-electron chi connectivity index (χ4n) is 13.4. The van der Waals surface area contributed by atoms with Crippen LogP contribution in [-0.2, 0) is 10.8 Å². The molecule has 0 atom stereocenters. The highest BCUT2D eigenvalue weighted by molar-refractivity contribution is 7.25. The Hall–Kier alpha value is -8.50. The van der Waals surface area contributed by atoms with Gasteiger partial charge in [0.25, 0.3) is 0 Å². The van der Waals surface area contributed by atoms with E-state index >= 15 is 0 Å². The fourth-order valence-corrected chi connectivity index (χ4v) is 14.5. The zero-order valence-electron chi connectivity index (χ0n) is 39.2. The summed E-state index contributed by atoms with van der Waals surface area (Å²) in [6.45, 7) is 4.80. The maximum Gasteiger partial charge on any atom is 0.0726 e. The number of thiophene rings is 1. The minimum absolute atomic E-state index is 0.256. The van der Waals surface area contributed by atoms with Gasteiger partial charge in [0.05, 0.1) is 27.8 Å². The standard InChI is InChI=1S/C68H44N2S/c1-67(2)58-23-11-13-25-63(58)70(46-31-32-50-49-17-5-10-22-57(49)68(59(50)40-46)55-20-8-3-15-47(55)48-16-4-9-21-56(48)68)64-34-29-43(38-60(64)67)41-28-33-62-53(36-41)51-18-6-12-24-61(51)69(62)45-30-27-42-37-54-52-19-7-14-26-65(52)71-66(54)39-44(42)35-45/h3-40H,1-2H3. The van der Waals surface area contributed by atoms with E-state index in [0.29, 0.717) is 0 Å². The number of hydrogen-bond acceptors (Lipinski definition) is 2. The van der Waals surface area contributed by atoms with Gasteiger partial charge in [-0.25, -0.2) is 0 Å². The van der Waals surface area contributed by atoms with E-state index in [4.69, 9.17) is 0 Å². The van der Waals surface area contributed by atoms with Crippen LogP contribution in [0.5, 0.6) is 0 Å². The molecule has 3 aliphatic rings. The minimum Gasteiger partial charge on any atom is -0.310 e. The Morgan fingerprint density at radius 2 is 0.930 bits per heavy atom. The van der Waals surface area contributed by atoms with Gasteiger partial charge in [0.1, 0.15) is 0 Å². The predicted octanol–water partition coefficient (Wildman–Crippen LogP) is 18.4. The van der Waals surface area contributed by atoms with Gasteiger partial charge in [-0.2, -0.15) is 0 Å². The van der Waals surface area contributed by atoms with E-state index in [1.807, 2.05) is 11.3 Å². The zero-order chi connectivity index (χ0) is 46.7. The lowest BCUT2D eigenvalue weighted by Gasteiger charge is -2.42. The van der Waals surface area contributed by atoms with Crippen LogP contribution in [0.2, 0.25) is 0 Å². The molecular weight excluding hydrogens is 877 g/mol. The molecule has 71 heavy (non-hydrogen) atoms. The first kappa shape index (κ1) is 39.4. The molecule has 2 aromatic heterocycles. The summed E-state index contributed by atoms with van der Waals surface area (Å²) < 4.78 is 5.12. The van der Waals surface area contributed by atoms with Crippen LogP contribution in [0.15, 0.2) is 231 Å². The molecule has 13 aromatic rings. The number of anilines is 3. The smallest absolute Gasteiger partial charge is 0.0726 e. The Bertz CT molecular complexity index is 4400. The van der Waals surface area contributed by atoms with Gasteiger partial charge in [-0.15, -0.1) is 11.3 Å². The first-order chi connectivity index (χ1) is 34.9. The summed E-state index contributed by atoms with van der Waals surface area (Å²) in [7, 11) is 0. The monoisotopic (exact) mass is 920 g/mol. The number of aromatic nitrogens is 1. The Kier molecular flexibility index (Phi) is 7.80. The third-order valence-electron chi connectivity index (χ3n) is 16.6. The van der Waals surface area contributed by atoms with Gasteiger partial charge in [-0.3, -0.25) is 0 Å². The SMILES string of the molecule is CC1(C)c2ccccc2N(c2ccc3c(c2)C2(c4ccccc4-c4ccccc42)c2ccccc2-3)c2ccc(-c3ccc4c(c3)c3ccccc3n4-c3ccc4cc5c(cc4c3)sc3ccccc35)cc21. The van der Waals surface area contributed by atoms with Crippen molar-refractivity contribution in [2.24, 2.45) is 0 Å². The van der Waals surface area contributed by atoms with Crippen molar-refractivity contribution in [1.29, 1.82) is 0 Å². The van der Waals surface area contributed by atoms with E-state index in [0.717, 1.165) is 0 Å². The topological polar surface area (TPSA) is 8.17 Å². The predicted molar refractivity (Wildman–Crippen MR) is 300 cm³/mol. The molecule has 2 nitrogen and oxygen atoms in total. The molecule has 1 aliphatic heterocycles. The van der Waals surface area contributed by atoms with Gasteiger partial charge in [0.2, 0.25) is 0 Å². The van der Waals surface area contributed by atoms with Crippen LogP contribution in [0, 0.1) is 0 Å². The van der Waals surface area contributed by atoms with Crippen LogP contribution in [0.3, 0.4) is 0 Å². The quantitative estimate of drug-likeness (QED) is 0.171. The van der Waals surface area contributed by atoms with Crippen LogP contribution >= 0.6 is 11.3 Å². The van der Waals surface area contributed by atoms with Crippen molar-refractivity contribution in [2.45, 2.75) is 24.7 Å². The van der Waals surface area contributed by atoms with Gasteiger partial charge in [-0.05, 0) is 156 Å². The maximum absolute atomic E-state index is 2.54. The molecule has 0 amide bonds. The average Bonchev–Trinajstić information content (AvgIpc) is 4.13. The van der Waals surface area contributed by atoms with Crippen LogP contribution in [0.4, 0.5) is 17.1 Å². The summed E-state index contributed by atoms with van der Waals surface area (Å²) in [4.78, 5) is 2.54. The largest absolute Gasteiger partial charge is 0.310 e. The highest BCUT2D eigenvalue weighted by Gasteiger charge is 2.52. The highest BCUT2D eigenvalue weighted by atomic mass is 32.1. The first-order valence-electron chi connectivity index (χ1n) is 24.8. The molecule has 2 aliphatic carbocycles. The second kappa shape index (κ2) is 14.1. The van der Waals surface area contributed by atoms with Gasteiger partial charge in [0, 0.05) is 47.7 Å². The van der Waals surface area contributed by atoms with E-state index in [-0.39, 0.29) is 5.41 Å². The molecule has 3 heteroatoms. The van der Waals surface area contributed by atoms with Gasteiger partial charge in [0.15, 0.2) is 0 Å². The number of nitrogens with zero attached hydrogens (tertiary/aromatic N) is 2. The fraction of sp³-hybridized carbons (Fsp3) is 0.0588. The molecule has 0 bridgehead atoms. The third kappa shape index (κ3) is 5.16. The molecule has 0 saturated heterocycles. The van der Waals surface area contributed by atoms with Gasteiger partial charge < -0.3 is 9.47 Å². The zero-order valence-corrected chi connectivity index (χ0v) is 40.1. The summed E-state index contributed by atoms with van der Waals surface area (Å²) in [5.41, 5.74) is 22.3. The Morgan fingerprint density at radius 3 is 1.70 bits per heavy atom. The van der Waals surface area contributed by atoms with Crippen LogP contribution in [0.25, 0.3) is 91.8 Å². The van der Waals surface area contributed by atoms with E-state index in [2.05, 4.69) is 254 Å². The summed E-state index contributed by atoms with van der Waals surface area (Å²) in [5.74, 6) is 0. The molecule has 16 rings (SSSR count). The van der Waals surface area contributed by atoms with Crippen molar-refractivity contribution < 1.29 is 0 Å². The molecule has 11 aromatic carbocycles. The molecule has 0 unspecified atom stereocenters. The van der Waals surface area contributed by atoms with Crippen molar-refractivity contribution in [2.75, 3.05) is 4.90 Å². The van der Waals surface area contributed by atoms with Crippen LogP contribution in [0.1, 0.15) is 47.2 Å².